The molecule has 1 aliphatic carbocycles. The van der Waals surface area contributed by atoms with E-state index in [9.17, 15) is 9.18 Å². The minimum atomic E-state index is -1.48. The maximum absolute atomic E-state index is 14.8. The highest BCUT2D eigenvalue weighted by Gasteiger charge is 2.24. The van der Waals surface area contributed by atoms with Gasteiger partial charge in [-0.1, -0.05) is 48.3 Å². The van der Waals surface area contributed by atoms with Gasteiger partial charge in [0.1, 0.15) is 11.9 Å². The molecule has 1 atom stereocenters. The molecule has 1 amide bonds. The number of alkyl halides is 1. The molecular formula is C25H23Cl2FN2O2. The van der Waals surface area contributed by atoms with E-state index in [0.29, 0.717) is 34.4 Å². The fraction of sp³-hybridized carbons (Fsp3) is 0.280. The van der Waals surface area contributed by atoms with Crippen molar-refractivity contribution in [1.29, 1.82) is 0 Å². The molecule has 0 saturated heterocycles. The number of pyridine rings is 1. The van der Waals surface area contributed by atoms with Crippen molar-refractivity contribution in [3.63, 3.8) is 0 Å². The summed E-state index contributed by atoms with van der Waals surface area (Å²) in [5.74, 6) is 1.15. The van der Waals surface area contributed by atoms with Gasteiger partial charge in [-0.2, -0.15) is 0 Å². The standard InChI is InChI=1S/C25H23Cl2FN2O2/c1-2-15-12-29-14-23(32-19-5-3-4-17(10-19)16-6-7-16)24(15)25(31)30-13-22(28)20-9-8-18(26)11-21(20)27/h3-5,8-12,14,16,22H,2,6-7,13H2,1H3,(H,30,31). The van der Waals surface area contributed by atoms with Gasteiger partial charge in [0.25, 0.3) is 5.91 Å². The van der Waals surface area contributed by atoms with Crippen molar-refractivity contribution in [1.82, 2.24) is 10.3 Å². The first-order chi connectivity index (χ1) is 15.5. The van der Waals surface area contributed by atoms with E-state index in [2.05, 4.69) is 16.4 Å². The van der Waals surface area contributed by atoms with Gasteiger partial charge in [-0.3, -0.25) is 9.78 Å². The molecule has 1 heterocycles. The molecule has 1 aromatic heterocycles. The van der Waals surface area contributed by atoms with Gasteiger partial charge in [-0.15, -0.1) is 0 Å². The van der Waals surface area contributed by atoms with Gasteiger partial charge in [0.15, 0.2) is 5.75 Å². The first-order valence-electron chi connectivity index (χ1n) is 10.6. The Morgan fingerprint density at radius 2 is 2.03 bits per heavy atom. The summed E-state index contributed by atoms with van der Waals surface area (Å²) in [6.07, 6.45) is 4.62. The smallest absolute Gasteiger partial charge is 0.255 e. The van der Waals surface area contributed by atoms with Gasteiger partial charge in [0.05, 0.1) is 18.3 Å². The van der Waals surface area contributed by atoms with Crippen molar-refractivity contribution in [2.24, 2.45) is 0 Å². The molecule has 32 heavy (non-hydrogen) atoms. The monoisotopic (exact) mass is 472 g/mol. The molecule has 1 aliphatic rings. The van der Waals surface area contributed by atoms with E-state index in [-0.39, 0.29) is 17.1 Å². The SMILES string of the molecule is CCc1cncc(Oc2cccc(C3CC3)c2)c1C(=O)NCC(F)c1ccc(Cl)cc1Cl. The Bertz CT molecular complexity index is 1130. The zero-order valence-electron chi connectivity index (χ0n) is 17.6. The van der Waals surface area contributed by atoms with Crippen LogP contribution in [0, 0.1) is 0 Å². The number of nitrogens with zero attached hydrogens (tertiary/aromatic N) is 1. The topological polar surface area (TPSA) is 51.2 Å². The number of aromatic nitrogens is 1. The molecule has 1 saturated carbocycles. The number of benzene rings is 2. The summed E-state index contributed by atoms with van der Waals surface area (Å²) in [7, 11) is 0. The van der Waals surface area contributed by atoms with Crippen LogP contribution in [0.25, 0.3) is 0 Å². The average Bonchev–Trinajstić information content (AvgIpc) is 3.63. The largest absolute Gasteiger partial charge is 0.455 e. The number of hydrogen-bond donors (Lipinski definition) is 1. The molecule has 4 nitrogen and oxygen atoms in total. The summed E-state index contributed by atoms with van der Waals surface area (Å²) in [6.45, 7) is 1.69. The van der Waals surface area contributed by atoms with Crippen molar-refractivity contribution in [2.45, 2.75) is 38.3 Å². The molecule has 1 N–H and O–H groups in total. The lowest BCUT2D eigenvalue weighted by atomic mass is 10.1. The highest BCUT2D eigenvalue weighted by Crippen LogP contribution is 2.41. The van der Waals surface area contributed by atoms with Gasteiger partial charge >= 0.3 is 0 Å². The normalized spacial score (nSPS) is 14.1. The fourth-order valence-electron chi connectivity index (χ4n) is 3.60. The molecule has 0 aliphatic heterocycles. The van der Waals surface area contributed by atoms with Crippen LogP contribution >= 0.6 is 23.2 Å². The number of rotatable bonds is 8. The Kier molecular flexibility index (Phi) is 6.97. The minimum Gasteiger partial charge on any atom is -0.455 e. The molecule has 0 spiro atoms. The summed E-state index contributed by atoms with van der Waals surface area (Å²) in [4.78, 5) is 17.3. The van der Waals surface area contributed by atoms with E-state index < -0.39 is 12.1 Å². The average molecular weight is 473 g/mol. The van der Waals surface area contributed by atoms with Crippen LogP contribution in [0.1, 0.15) is 58.9 Å². The van der Waals surface area contributed by atoms with E-state index in [1.165, 1.54) is 36.7 Å². The first-order valence-corrected chi connectivity index (χ1v) is 11.3. The van der Waals surface area contributed by atoms with Gasteiger partial charge in [-0.05, 0) is 60.6 Å². The third-order valence-electron chi connectivity index (χ3n) is 5.47. The van der Waals surface area contributed by atoms with Gasteiger partial charge in [0.2, 0.25) is 0 Å². The molecule has 3 aromatic rings. The van der Waals surface area contributed by atoms with Crippen molar-refractivity contribution in [2.75, 3.05) is 6.54 Å². The van der Waals surface area contributed by atoms with Crippen molar-refractivity contribution < 1.29 is 13.9 Å². The van der Waals surface area contributed by atoms with E-state index in [1.807, 2.05) is 25.1 Å². The van der Waals surface area contributed by atoms with Crippen LogP contribution in [-0.4, -0.2) is 17.4 Å². The van der Waals surface area contributed by atoms with E-state index in [0.717, 1.165) is 5.56 Å². The number of ether oxygens (including phenoxy) is 1. The number of carbonyl (C=O) groups excluding carboxylic acids is 1. The van der Waals surface area contributed by atoms with Crippen LogP contribution in [0.4, 0.5) is 4.39 Å². The molecular weight excluding hydrogens is 450 g/mol. The summed E-state index contributed by atoms with van der Waals surface area (Å²) in [6, 6.07) is 12.5. The second kappa shape index (κ2) is 9.88. The number of halogens is 3. The molecule has 0 bridgehead atoms. The zero-order chi connectivity index (χ0) is 22.7. The van der Waals surface area contributed by atoms with Gasteiger partial charge < -0.3 is 10.1 Å². The lowest BCUT2D eigenvalue weighted by molar-refractivity contribution is 0.0938. The van der Waals surface area contributed by atoms with E-state index in [4.69, 9.17) is 27.9 Å². The molecule has 2 aromatic carbocycles. The van der Waals surface area contributed by atoms with E-state index >= 15 is 0 Å². The quantitative estimate of drug-likeness (QED) is 0.381. The molecule has 4 rings (SSSR count). The number of amides is 1. The molecule has 0 radical (unpaired) electrons. The zero-order valence-corrected chi connectivity index (χ0v) is 19.1. The van der Waals surface area contributed by atoms with Gasteiger partial charge in [0, 0.05) is 21.8 Å². The molecule has 1 fully saturated rings. The van der Waals surface area contributed by atoms with Crippen molar-refractivity contribution >= 4 is 29.1 Å². The van der Waals surface area contributed by atoms with Crippen LogP contribution in [0.2, 0.25) is 10.0 Å². The van der Waals surface area contributed by atoms with E-state index in [1.54, 1.807) is 12.3 Å². The third-order valence-corrected chi connectivity index (χ3v) is 6.04. The Morgan fingerprint density at radius 1 is 1.22 bits per heavy atom. The summed E-state index contributed by atoms with van der Waals surface area (Å²) >= 11 is 12.0. The third kappa shape index (κ3) is 5.22. The predicted octanol–water partition coefficient (Wildman–Crippen LogP) is 7.06. The van der Waals surface area contributed by atoms with Crippen LogP contribution < -0.4 is 10.1 Å². The van der Waals surface area contributed by atoms with Crippen LogP contribution in [0.15, 0.2) is 54.9 Å². The Balaban J connectivity index is 1.52. The fourth-order valence-corrected chi connectivity index (χ4v) is 4.12. The summed E-state index contributed by atoms with van der Waals surface area (Å²) < 4.78 is 20.8. The first kappa shape index (κ1) is 22.6. The lowest BCUT2D eigenvalue weighted by Crippen LogP contribution is -2.28. The summed E-state index contributed by atoms with van der Waals surface area (Å²) in [5.41, 5.74) is 2.58. The number of carbonyl (C=O) groups is 1. The number of hydrogen-bond acceptors (Lipinski definition) is 3. The van der Waals surface area contributed by atoms with Crippen LogP contribution in [-0.2, 0) is 6.42 Å². The van der Waals surface area contributed by atoms with Crippen molar-refractivity contribution in [3.05, 3.63) is 87.2 Å². The van der Waals surface area contributed by atoms with Crippen molar-refractivity contribution in [3.8, 4) is 11.5 Å². The summed E-state index contributed by atoms with van der Waals surface area (Å²) in [5, 5.41) is 3.31. The number of aryl methyl sites for hydroxylation is 1. The predicted molar refractivity (Wildman–Crippen MR) is 125 cm³/mol. The number of nitrogens with one attached hydrogen (secondary N) is 1. The second-order valence-electron chi connectivity index (χ2n) is 7.82. The Morgan fingerprint density at radius 3 is 2.75 bits per heavy atom. The van der Waals surface area contributed by atoms with Gasteiger partial charge in [-0.25, -0.2) is 4.39 Å². The second-order valence-corrected chi connectivity index (χ2v) is 8.66. The lowest BCUT2D eigenvalue weighted by Gasteiger charge is -2.16. The Labute approximate surface area is 196 Å². The Hall–Kier alpha value is -2.63. The molecule has 7 heteroatoms. The maximum Gasteiger partial charge on any atom is 0.255 e. The highest BCUT2D eigenvalue weighted by molar-refractivity contribution is 6.35. The molecule has 1 unspecified atom stereocenters. The van der Waals surface area contributed by atoms with Crippen LogP contribution in [0.5, 0.6) is 11.5 Å². The molecule has 166 valence electrons. The van der Waals surface area contributed by atoms with Crippen LogP contribution in [0.3, 0.4) is 0 Å². The maximum atomic E-state index is 14.8. The minimum absolute atomic E-state index is 0.219. The highest BCUT2D eigenvalue weighted by atomic mass is 35.5.